The van der Waals surface area contributed by atoms with Gasteiger partial charge < -0.3 is 5.32 Å². The number of halogens is 2. The van der Waals surface area contributed by atoms with Gasteiger partial charge in [-0.05, 0) is 55.3 Å². The minimum absolute atomic E-state index is 0.209. The zero-order valence-corrected chi connectivity index (χ0v) is 13.2. The molecule has 0 spiro atoms. The summed E-state index contributed by atoms with van der Waals surface area (Å²) in [5, 5.41) is 3.82. The van der Waals surface area contributed by atoms with Crippen LogP contribution >= 0.6 is 11.6 Å². The van der Waals surface area contributed by atoms with Crippen molar-refractivity contribution in [3.63, 3.8) is 0 Å². The summed E-state index contributed by atoms with van der Waals surface area (Å²) >= 11 is 5.80. The first-order chi connectivity index (χ1) is 9.61. The molecule has 1 saturated carbocycles. The summed E-state index contributed by atoms with van der Waals surface area (Å²) in [6.45, 7) is 5.46. The molecule has 1 aliphatic rings. The largest absolute Gasteiger partial charge is 0.310 e. The topological polar surface area (TPSA) is 12.0 Å². The second-order valence-electron chi connectivity index (χ2n) is 6.13. The summed E-state index contributed by atoms with van der Waals surface area (Å²) in [7, 11) is 0. The van der Waals surface area contributed by atoms with Crippen molar-refractivity contribution in [2.75, 3.05) is 6.54 Å². The van der Waals surface area contributed by atoms with Crippen LogP contribution in [0.15, 0.2) is 18.2 Å². The molecule has 1 N–H and O–H groups in total. The van der Waals surface area contributed by atoms with Gasteiger partial charge in [0.2, 0.25) is 0 Å². The second kappa shape index (κ2) is 7.42. The van der Waals surface area contributed by atoms with E-state index >= 15 is 0 Å². The first-order valence-electron chi connectivity index (χ1n) is 7.80. The summed E-state index contributed by atoms with van der Waals surface area (Å²) in [5.74, 6) is 1.13. The number of hydrogen-bond donors (Lipinski definition) is 1. The van der Waals surface area contributed by atoms with Gasteiger partial charge in [-0.3, -0.25) is 0 Å². The van der Waals surface area contributed by atoms with Gasteiger partial charge in [0, 0.05) is 6.04 Å². The predicted octanol–water partition coefficient (Wildman–Crippen LogP) is 5.35. The van der Waals surface area contributed by atoms with Crippen LogP contribution < -0.4 is 5.32 Å². The Labute approximate surface area is 126 Å². The Bertz CT molecular complexity index is 427. The van der Waals surface area contributed by atoms with E-state index in [2.05, 4.69) is 19.2 Å². The fourth-order valence-corrected chi connectivity index (χ4v) is 3.30. The standard InChI is InChI=1S/C17H25ClFN/c1-3-10-20-17(13-6-4-12(2)5-7-13)14-8-9-15(18)16(19)11-14/h8-9,11-13,17,20H,3-7,10H2,1-2H3. The Hall–Kier alpha value is -0.600. The minimum atomic E-state index is -0.309. The molecule has 0 radical (unpaired) electrons. The van der Waals surface area contributed by atoms with E-state index in [1.165, 1.54) is 25.7 Å². The van der Waals surface area contributed by atoms with Crippen molar-refractivity contribution in [2.45, 2.75) is 52.0 Å². The highest BCUT2D eigenvalue weighted by Crippen LogP contribution is 2.37. The van der Waals surface area contributed by atoms with Crippen molar-refractivity contribution in [1.29, 1.82) is 0 Å². The number of hydrogen-bond acceptors (Lipinski definition) is 1. The molecule has 2 rings (SSSR count). The Morgan fingerprint density at radius 1 is 1.30 bits per heavy atom. The third kappa shape index (κ3) is 3.95. The fraction of sp³-hybridized carbons (Fsp3) is 0.647. The van der Waals surface area contributed by atoms with Gasteiger partial charge in [0.25, 0.3) is 0 Å². The van der Waals surface area contributed by atoms with Gasteiger partial charge in [-0.15, -0.1) is 0 Å². The molecule has 0 aromatic heterocycles. The lowest BCUT2D eigenvalue weighted by atomic mass is 9.77. The molecule has 1 atom stereocenters. The predicted molar refractivity (Wildman–Crippen MR) is 83.6 cm³/mol. The Balaban J connectivity index is 2.15. The molecular formula is C17H25ClFN. The first-order valence-corrected chi connectivity index (χ1v) is 8.18. The average molecular weight is 298 g/mol. The smallest absolute Gasteiger partial charge is 0.142 e. The van der Waals surface area contributed by atoms with E-state index in [-0.39, 0.29) is 16.9 Å². The van der Waals surface area contributed by atoms with E-state index in [1.807, 2.05) is 6.07 Å². The molecule has 1 fully saturated rings. The molecule has 1 nitrogen and oxygen atoms in total. The molecule has 20 heavy (non-hydrogen) atoms. The highest BCUT2D eigenvalue weighted by atomic mass is 35.5. The summed E-state index contributed by atoms with van der Waals surface area (Å²) in [6, 6.07) is 5.51. The lowest BCUT2D eigenvalue weighted by Gasteiger charge is -2.34. The molecule has 0 amide bonds. The lowest BCUT2D eigenvalue weighted by Crippen LogP contribution is -2.31. The molecule has 3 heteroatoms. The van der Waals surface area contributed by atoms with Gasteiger partial charge in [0.05, 0.1) is 5.02 Å². The Morgan fingerprint density at radius 2 is 2.00 bits per heavy atom. The van der Waals surface area contributed by atoms with Crippen molar-refractivity contribution in [3.05, 3.63) is 34.6 Å². The van der Waals surface area contributed by atoms with E-state index in [1.54, 1.807) is 12.1 Å². The maximum Gasteiger partial charge on any atom is 0.142 e. The highest BCUT2D eigenvalue weighted by molar-refractivity contribution is 6.30. The van der Waals surface area contributed by atoms with Crippen LogP contribution in [-0.2, 0) is 0 Å². The van der Waals surface area contributed by atoms with Crippen molar-refractivity contribution in [2.24, 2.45) is 11.8 Å². The highest BCUT2D eigenvalue weighted by Gasteiger charge is 2.27. The van der Waals surface area contributed by atoms with E-state index in [0.29, 0.717) is 5.92 Å². The summed E-state index contributed by atoms with van der Waals surface area (Å²) < 4.78 is 13.7. The molecule has 112 valence electrons. The minimum Gasteiger partial charge on any atom is -0.310 e. The zero-order valence-electron chi connectivity index (χ0n) is 12.5. The Morgan fingerprint density at radius 3 is 2.60 bits per heavy atom. The van der Waals surface area contributed by atoms with E-state index in [4.69, 9.17) is 11.6 Å². The van der Waals surface area contributed by atoms with Gasteiger partial charge in [-0.1, -0.05) is 44.4 Å². The van der Waals surface area contributed by atoms with Crippen LogP contribution in [0.4, 0.5) is 4.39 Å². The van der Waals surface area contributed by atoms with Gasteiger partial charge in [-0.2, -0.15) is 0 Å². The van der Waals surface area contributed by atoms with Crippen molar-refractivity contribution in [1.82, 2.24) is 5.32 Å². The maximum absolute atomic E-state index is 13.7. The zero-order chi connectivity index (χ0) is 14.5. The van der Waals surface area contributed by atoms with Crippen LogP contribution in [-0.4, -0.2) is 6.54 Å². The maximum atomic E-state index is 13.7. The third-order valence-electron chi connectivity index (χ3n) is 4.45. The van der Waals surface area contributed by atoms with E-state index < -0.39 is 0 Å². The molecule has 0 saturated heterocycles. The molecule has 0 heterocycles. The van der Waals surface area contributed by atoms with Crippen LogP contribution in [0.1, 0.15) is 57.6 Å². The normalized spacial score (nSPS) is 24.6. The second-order valence-corrected chi connectivity index (χ2v) is 6.53. The van der Waals surface area contributed by atoms with Gasteiger partial charge in [-0.25, -0.2) is 4.39 Å². The van der Waals surface area contributed by atoms with E-state index in [9.17, 15) is 4.39 Å². The molecule has 1 aromatic rings. The molecule has 0 aliphatic heterocycles. The van der Waals surface area contributed by atoms with Gasteiger partial charge in [0.15, 0.2) is 0 Å². The average Bonchev–Trinajstić information content (AvgIpc) is 2.45. The van der Waals surface area contributed by atoms with Gasteiger partial charge >= 0.3 is 0 Å². The van der Waals surface area contributed by atoms with Crippen LogP contribution in [0.2, 0.25) is 5.02 Å². The summed E-state index contributed by atoms with van der Waals surface area (Å²) in [4.78, 5) is 0. The summed E-state index contributed by atoms with van der Waals surface area (Å²) in [6.07, 6.45) is 6.12. The molecular weight excluding hydrogens is 273 g/mol. The SMILES string of the molecule is CCCNC(c1ccc(Cl)c(F)c1)C1CCC(C)CC1. The number of benzene rings is 1. The molecule has 1 aromatic carbocycles. The molecule has 1 unspecified atom stereocenters. The fourth-order valence-electron chi connectivity index (χ4n) is 3.18. The van der Waals surface area contributed by atoms with Crippen LogP contribution in [0.25, 0.3) is 0 Å². The van der Waals surface area contributed by atoms with Crippen LogP contribution in [0.5, 0.6) is 0 Å². The number of rotatable bonds is 5. The van der Waals surface area contributed by atoms with Crippen molar-refractivity contribution >= 4 is 11.6 Å². The van der Waals surface area contributed by atoms with Crippen molar-refractivity contribution < 1.29 is 4.39 Å². The lowest BCUT2D eigenvalue weighted by molar-refractivity contribution is 0.231. The number of nitrogens with one attached hydrogen (secondary N) is 1. The van der Waals surface area contributed by atoms with Gasteiger partial charge in [0.1, 0.15) is 5.82 Å². The van der Waals surface area contributed by atoms with E-state index in [0.717, 1.165) is 24.4 Å². The molecule has 1 aliphatic carbocycles. The quantitative estimate of drug-likeness (QED) is 0.773. The first kappa shape index (κ1) is 15.8. The Kier molecular flexibility index (Phi) is 5.86. The summed E-state index contributed by atoms with van der Waals surface area (Å²) in [5.41, 5.74) is 1.04. The van der Waals surface area contributed by atoms with Crippen LogP contribution in [0, 0.1) is 17.7 Å². The molecule has 0 bridgehead atoms. The van der Waals surface area contributed by atoms with Crippen LogP contribution in [0.3, 0.4) is 0 Å². The third-order valence-corrected chi connectivity index (χ3v) is 4.76. The van der Waals surface area contributed by atoms with Crippen molar-refractivity contribution in [3.8, 4) is 0 Å². The monoisotopic (exact) mass is 297 g/mol.